The number of aliphatic hydroxyl groups is 1. The Hall–Kier alpha value is -1.27. The molecule has 0 spiro atoms. The SMILES string of the molecule is O=C1N2CC=C(NC3CCC(CO)O3)N1C2. The first-order chi connectivity index (χ1) is 7.78. The number of rotatable bonds is 3. The molecule has 0 aromatic heterocycles. The summed E-state index contributed by atoms with van der Waals surface area (Å²) >= 11 is 0. The van der Waals surface area contributed by atoms with Crippen LogP contribution in [0.4, 0.5) is 4.79 Å². The Balaban J connectivity index is 1.59. The van der Waals surface area contributed by atoms with Gasteiger partial charge in [-0.15, -0.1) is 0 Å². The Kier molecular flexibility index (Phi) is 2.26. The van der Waals surface area contributed by atoms with Gasteiger partial charge in [-0.2, -0.15) is 0 Å². The number of ether oxygens (including phenoxy) is 1. The van der Waals surface area contributed by atoms with Gasteiger partial charge in [0, 0.05) is 6.54 Å². The van der Waals surface area contributed by atoms with Crippen LogP contribution in [-0.2, 0) is 4.74 Å². The minimum atomic E-state index is -0.0802. The van der Waals surface area contributed by atoms with Gasteiger partial charge in [-0.05, 0) is 18.9 Å². The normalized spacial score (nSPS) is 32.6. The molecule has 0 aromatic carbocycles. The Morgan fingerprint density at radius 2 is 2.44 bits per heavy atom. The maximum Gasteiger partial charge on any atom is 0.328 e. The van der Waals surface area contributed by atoms with E-state index in [-0.39, 0.29) is 25.0 Å². The number of hydrogen-bond acceptors (Lipinski definition) is 4. The number of hydrogen-bond donors (Lipinski definition) is 2. The summed E-state index contributed by atoms with van der Waals surface area (Å²) in [7, 11) is 0. The van der Waals surface area contributed by atoms with E-state index in [4.69, 9.17) is 9.84 Å². The van der Waals surface area contributed by atoms with Gasteiger partial charge in [0.1, 0.15) is 18.7 Å². The maximum atomic E-state index is 11.4. The number of carbonyl (C=O) groups excluding carboxylic acids is 1. The Bertz CT molecular complexity index is 344. The van der Waals surface area contributed by atoms with Crippen molar-refractivity contribution in [3.63, 3.8) is 0 Å². The molecule has 6 heteroatoms. The maximum absolute atomic E-state index is 11.4. The van der Waals surface area contributed by atoms with Gasteiger partial charge in [-0.1, -0.05) is 0 Å². The fourth-order valence-electron chi connectivity index (χ4n) is 2.25. The number of amides is 2. The molecule has 2 fully saturated rings. The van der Waals surface area contributed by atoms with Crippen LogP contribution in [0.15, 0.2) is 11.9 Å². The van der Waals surface area contributed by atoms with E-state index >= 15 is 0 Å². The number of carbonyl (C=O) groups is 1. The van der Waals surface area contributed by atoms with Crippen LogP contribution in [0.2, 0.25) is 0 Å². The second kappa shape index (κ2) is 3.64. The van der Waals surface area contributed by atoms with Crippen LogP contribution in [0.5, 0.6) is 0 Å². The van der Waals surface area contributed by atoms with Gasteiger partial charge in [0.15, 0.2) is 0 Å². The molecule has 4 aliphatic rings. The van der Waals surface area contributed by atoms with Crippen LogP contribution in [0.1, 0.15) is 12.8 Å². The summed E-state index contributed by atoms with van der Waals surface area (Å²) in [6, 6.07) is 0.0571. The molecule has 2 amide bonds. The van der Waals surface area contributed by atoms with E-state index in [1.165, 1.54) is 0 Å². The summed E-state index contributed by atoms with van der Waals surface area (Å²) in [5, 5.41) is 12.2. The molecule has 16 heavy (non-hydrogen) atoms. The van der Waals surface area contributed by atoms with Crippen LogP contribution in [0.25, 0.3) is 0 Å². The predicted molar refractivity (Wildman–Crippen MR) is 55.0 cm³/mol. The minimum Gasteiger partial charge on any atom is -0.394 e. The quantitative estimate of drug-likeness (QED) is 0.687. The first kappa shape index (κ1) is 9.92. The molecule has 2 N–H and O–H groups in total. The van der Waals surface area contributed by atoms with Gasteiger partial charge >= 0.3 is 6.03 Å². The van der Waals surface area contributed by atoms with Crippen molar-refractivity contribution >= 4 is 6.03 Å². The van der Waals surface area contributed by atoms with Gasteiger partial charge in [-0.3, -0.25) is 4.90 Å². The van der Waals surface area contributed by atoms with Gasteiger partial charge in [0.25, 0.3) is 0 Å². The molecule has 0 aromatic rings. The molecule has 2 atom stereocenters. The molecule has 0 radical (unpaired) electrons. The van der Waals surface area contributed by atoms with Crippen molar-refractivity contribution in [1.29, 1.82) is 0 Å². The average molecular weight is 225 g/mol. The van der Waals surface area contributed by atoms with Gasteiger partial charge in [-0.25, -0.2) is 4.79 Å². The van der Waals surface area contributed by atoms with Gasteiger partial charge < -0.3 is 20.1 Å². The highest BCUT2D eigenvalue weighted by atomic mass is 16.5. The molecule has 6 nitrogen and oxygen atoms in total. The molecule has 2 saturated heterocycles. The predicted octanol–water partition coefficient (Wildman–Crippen LogP) is -0.377. The molecular formula is C10H15N3O3. The lowest BCUT2D eigenvalue weighted by Gasteiger charge is -2.47. The highest BCUT2D eigenvalue weighted by Crippen LogP contribution is 2.25. The zero-order valence-corrected chi connectivity index (χ0v) is 8.93. The molecular weight excluding hydrogens is 210 g/mol. The number of aliphatic hydroxyl groups excluding tert-OH is 1. The summed E-state index contributed by atoms with van der Waals surface area (Å²) in [5.74, 6) is 0.844. The minimum absolute atomic E-state index is 0.0571. The second-order valence-corrected chi connectivity index (χ2v) is 4.31. The number of urea groups is 1. The van der Waals surface area contributed by atoms with Crippen LogP contribution >= 0.6 is 0 Å². The molecule has 4 aliphatic heterocycles. The highest BCUT2D eigenvalue weighted by molar-refractivity contribution is 5.82. The summed E-state index contributed by atoms with van der Waals surface area (Å²) in [4.78, 5) is 14.9. The number of nitrogens with zero attached hydrogens (tertiary/aromatic N) is 2. The fraction of sp³-hybridized carbons (Fsp3) is 0.700. The zero-order valence-electron chi connectivity index (χ0n) is 8.93. The fourth-order valence-corrected chi connectivity index (χ4v) is 2.25. The van der Waals surface area contributed by atoms with Crippen molar-refractivity contribution in [3.8, 4) is 0 Å². The molecule has 4 rings (SSSR count). The van der Waals surface area contributed by atoms with E-state index in [2.05, 4.69) is 5.32 Å². The average Bonchev–Trinajstić information content (AvgIpc) is 2.76. The Morgan fingerprint density at radius 1 is 1.56 bits per heavy atom. The highest BCUT2D eigenvalue weighted by Gasteiger charge is 2.39. The van der Waals surface area contributed by atoms with E-state index in [1.54, 1.807) is 9.80 Å². The standard InChI is InChI=1S/C10H15N3O3/c14-5-7-1-2-9(16-7)11-8-3-4-12-6-13(8)10(12)15/h3,7,9,11,14H,1-2,4-6H2. The third-order valence-electron chi connectivity index (χ3n) is 3.23. The van der Waals surface area contributed by atoms with E-state index in [0.29, 0.717) is 13.2 Å². The molecule has 0 aliphatic carbocycles. The van der Waals surface area contributed by atoms with Crippen molar-refractivity contribution < 1.29 is 14.6 Å². The molecule has 0 saturated carbocycles. The number of nitrogens with one attached hydrogen (secondary N) is 1. The summed E-state index contributed by atoms with van der Waals surface area (Å²) in [6.07, 6.45) is 3.57. The van der Waals surface area contributed by atoms with Crippen molar-refractivity contribution in [2.45, 2.75) is 25.2 Å². The summed E-state index contributed by atoms with van der Waals surface area (Å²) in [5.41, 5.74) is 0. The van der Waals surface area contributed by atoms with Gasteiger partial charge in [0.2, 0.25) is 0 Å². The summed E-state index contributed by atoms with van der Waals surface area (Å²) < 4.78 is 5.56. The van der Waals surface area contributed by atoms with Crippen molar-refractivity contribution in [2.75, 3.05) is 19.8 Å². The third-order valence-corrected chi connectivity index (χ3v) is 3.23. The number of fused-ring (bicyclic) bond motifs is 1. The van der Waals surface area contributed by atoms with Crippen LogP contribution < -0.4 is 5.32 Å². The Labute approximate surface area is 93.5 Å². The van der Waals surface area contributed by atoms with Crippen molar-refractivity contribution in [3.05, 3.63) is 11.9 Å². The molecule has 2 unspecified atom stereocenters. The zero-order chi connectivity index (χ0) is 11.1. The lowest BCUT2D eigenvalue weighted by molar-refractivity contribution is -0.00784. The largest absolute Gasteiger partial charge is 0.394 e. The monoisotopic (exact) mass is 225 g/mol. The van der Waals surface area contributed by atoms with Crippen LogP contribution in [0.3, 0.4) is 0 Å². The second-order valence-electron chi connectivity index (χ2n) is 4.31. The van der Waals surface area contributed by atoms with Gasteiger partial charge in [0.05, 0.1) is 12.7 Å². The van der Waals surface area contributed by atoms with E-state index in [0.717, 1.165) is 18.7 Å². The summed E-state index contributed by atoms with van der Waals surface area (Å²) in [6.45, 7) is 1.41. The molecule has 4 heterocycles. The first-order valence-corrected chi connectivity index (χ1v) is 5.57. The lowest BCUT2D eigenvalue weighted by atomic mass is 10.2. The van der Waals surface area contributed by atoms with E-state index in [9.17, 15) is 4.79 Å². The lowest BCUT2D eigenvalue weighted by Crippen LogP contribution is -2.64. The van der Waals surface area contributed by atoms with Crippen molar-refractivity contribution in [2.24, 2.45) is 0 Å². The third kappa shape index (κ3) is 1.45. The smallest absolute Gasteiger partial charge is 0.328 e. The first-order valence-electron chi connectivity index (χ1n) is 5.57. The molecule has 2 bridgehead atoms. The molecule has 88 valence electrons. The van der Waals surface area contributed by atoms with Crippen LogP contribution in [-0.4, -0.2) is 53.1 Å². The van der Waals surface area contributed by atoms with E-state index in [1.807, 2.05) is 6.08 Å². The van der Waals surface area contributed by atoms with Crippen molar-refractivity contribution in [1.82, 2.24) is 15.1 Å². The van der Waals surface area contributed by atoms with E-state index < -0.39 is 0 Å². The Morgan fingerprint density at radius 3 is 3.06 bits per heavy atom. The van der Waals surface area contributed by atoms with Crippen LogP contribution in [0, 0.1) is 0 Å². The topological polar surface area (TPSA) is 65.0 Å².